The Morgan fingerprint density at radius 1 is 1.10 bits per heavy atom. The Kier molecular flexibility index (Phi) is 5.20. The Morgan fingerprint density at radius 3 is 2.24 bits per heavy atom. The number of carboxylic acid groups (broad SMARTS) is 1. The number of carbonyl (C=O) groups is 2. The lowest BCUT2D eigenvalue weighted by Gasteiger charge is -2.30. The molecule has 6 nitrogen and oxygen atoms in total. The maximum Gasteiger partial charge on any atom is 0.306 e. The Bertz CT molecular complexity index is 467. The minimum absolute atomic E-state index is 0.158. The first-order valence-electron chi connectivity index (χ1n) is 7.50. The summed E-state index contributed by atoms with van der Waals surface area (Å²) >= 11 is 0. The van der Waals surface area contributed by atoms with Gasteiger partial charge < -0.3 is 14.9 Å². The zero-order valence-corrected chi connectivity index (χ0v) is 12.1. The third-order valence-corrected chi connectivity index (χ3v) is 4.18. The van der Waals surface area contributed by atoms with Crippen LogP contribution in [0.15, 0.2) is 11.8 Å². The second-order valence-electron chi connectivity index (χ2n) is 5.66. The summed E-state index contributed by atoms with van der Waals surface area (Å²) in [6, 6.07) is 1.99. The van der Waals surface area contributed by atoms with E-state index in [0.717, 1.165) is 25.9 Å². The number of carboxylic acids is 1. The van der Waals surface area contributed by atoms with E-state index in [1.807, 2.05) is 11.0 Å². The normalized spacial score (nSPS) is 21.0. The van der Waals surface area contributed by atoms with Gasteiger partial charge in [0.15, 0.2) is 0 Å². The number of hydrogen-bond donors (Lipinski definition) is 1. The van der Waals surface area contributed by atoms with Crippen molar-refractivity contribution in [3.63, 3.8) is 0 Å². The van der Waals surface area contributed by atoms with Crippen LogP contribution in [-0.2, 0) is 9.59 Å². The molecule has 2 fully saturated rings. The van der Waals surface area contributed by atoms with E-state index in [1.54, 1.807) is 11.1 Å². The van der Waals surface area contributed by atoms with Crippen molar-refractivity contribution < 1.29 is 14.7 Å². The Hall–Kier alpha value is -2.03. The van der Waals surface area contributed by atoms with Crippen LogP contribution in [0.4, 0.5) is 0 Å². The van der Waals surface area contributed by atoms with Gasteiger partial charge in [-0.15, -0.1) is 0 Å². The second-order valence-corrected chi connectivity index (χ2v) is 5.66. The number of carbonyl (C=O) groups excluding carboxylic acids is 1. The van der Waals surface area contributed by atoms with E-state index in [1.165, 1.54) is 6.42 Å². The quantitative estimate of drug-likeness (QED) is 0.624. The average Bonchev–Trinajstić information content (AvgIpc) is 2.53. The van der Waals surface area contributed by atoms with Gasteiger partial charge in [-0.3, -0.25) is 9.59 Å². The standard InChI is InChI=1S/C15H21N3O3/c16-10-13(11-17-6-2-1-3-7-17)14(19)18-8-4-12(5-9-18)15(20)21/h11-12H,1-9H2,(H,20,21)/b13-11-. The summed E-state index contributed by atoms with van der Waals surface area (Å²) in [5.74, 6) is -1.44. The highest BCUT2D eigenvalue weighted by Gasteiger charge is 2.28. The number of piperidine rings is 2. The maximum absolute atomic E-state index is 12.3. The van der Waals surface area contributed by atoms with E-state index < -0.39 is 5.97 Å². The summed E-state index contributed by atoms with van der Waals surface area (Å²) in [7, 11) is 0. The Morgan fingerprint density at radius 2 is 1.71 bits per heavy atom. The van der Waals surface area contributed by atoms with E-state index in [9.17, 15) is 14.9 Å². The molecule has 0 aliphatic carbocycles. The molecular formula is C15H21N3O3. The van der Waals surface area contributed by atoms with Gasteiger partial charge in [-0.2, -0.15) is 5.26 Å². The van der Waals surface area contributed by atoms with Gasteiger partial charge >= 0.3 is 5.97 Å². The van der Waals surface area contributed by atoms with Gasteiger partial charge in [0.25, 0.3) is 5.91 Å². The van der Waals surface area contributed by atoms with E-state index in [4.69, 9.17) is 5.11 Å². The van der Waals surface area contributed by atoms with Crippen molar-refractivity contribution in [2.24, 2.45) is 5.92 Å². The number of amides is 1. The number of aliphatic carboxylic acids is 1. The molecule has 0 aromatic rings. The number of hydrogen-bond acceptors (Lipinski definition) is 4. The van der Waals surface area contributed by atoms with Crippen LogP contribution in [0.3, 0.4) is 0 Å². The van der Waals surface area contributed by atoms with Crippen LogP contribution in [0.5, 0.6) is 0 Å². The second kappa shape index (κ2) is 7.11. The molecule has 6 heteroatoms. The lowest BCUT2D eigenvalue weighted by Crippen LogP contribution is -2.41. The van der Waals surface area contributed by atoms with Gasteiger partial charge in [-0.1, -0.05) is 0 Å². The van der Waals surface area contributed by atoms with Crippen LogP contribution >= 0.6 is 0 Å². The molecule has 0 aromatic carbocycles. The Labute approximate surface area is 124 Å². The smallest absolute Gasteiger partial charge is 0.306 e. The summed E-state index contributed by atoms with van der Waals surface area (Å²) in [4.78, 5) is 26.9. The average molecular weight is 291 g/mol. The molecule has 1 N–H and O–H groups in total. The zero-order chi connectivity index (χ0) is 15.2. The third-order valence-electron chi connectivity index (χ3n) is 4.18. The lowest BCUT2D eigenvalue weighted by molar-refractivity contribution is -0.145. The molecule has 0 spiro atoms. The maximum atomic E-state index is 12.3. The molecule has 0 aromatic heterocycles. The highest BCUT2D eigenvalue weighted by atomic mass is 16.4. The monoisotopic (exact) mass is 291 g/mol. The van der Waals surface area contributed by atoms with Gasteiger partial charge in [-0.05, 0) is 32.1 Å². The van der Waals surface area contributed by atoms with Gasteiger partial charge in [-0.25, -0.2) is 0 Å². The largest absolute Gasteiger partial charge is 0.481 e. The first kappa shape index (κ1) is 15.4. The van der Waals surface area contributed by atoms with Crippen molar-refractivity contribution in [1.29, 1.82) is 5.26 Å². The predicted molar refractivity (Wildman–Crippen MR) is 76.1 cm³/mol. The molecule has 114 valence electrons. The van der Waals surface area contributed by atoms with E-state index in [2.05, 4.69) is 0 Å². The van der Waals surface area contributed by atoms with Crippen LogP contribution in [0, 0.1) is 17.2 Å². The molecule has 2 rings (SSSR count). The van der Waals surface area contributed by atoms with E-state index in [-0.39, 0.29) is 17.4 Å². The van der Waals surface area contributed by atoms with Crippen molar-refractivity contribution >= 4 is 11.9 Å². The van der Waals surface area contributed by atoms with Crippen LogP contribution < -0.4 is 0 Å². The van der Waals surface area contributed by atoms with Crippen LogP contribution in [0.25, 0.3) is 0 Å². The highest BCUT2D eigenvalue weighted by molar-refractivity contribution is 5.97. The number of rotatable bonds is 3. The number of likely N-dealkylation sites (tertiary alicyclic amines) is 2. The van der Waals surface area contributed by atoms with Crippen molar-refractivity contribution in [2.45, 2.75) is 32.1 Å². The molecule has 21 heavy (non-hydrogen) atoms. The van der Waals surface area contributed by atoms with Gasteiger partial charge in [0.1, 0.15) is 11.6 Å². The first-order valence-corrected chi connectivity index (χ1v) is 7.50. The van der Waals surface area contributed by atoms with Gasteiger partial charge in [0.05, 0.1) is 5.92 Å². The minimum atomic E-state index is -0.800. The Balaban J connectivity index is 1.96. The van der Waals surface area contributed by atoms with Gasteiger partial charge in [0.2, 0.25) is 0 Å². The topological polar surface area (TPSA) is 84.6 Å². The van der Waals surface area contributed by atoms with Crippen LogP contribution in [0.2, 0.25) is 0 Å². The molecule has 2 heterocycles. The SMILES string of the molecule is N#C/C(=C/N1CCCCC1)C(=O)N1CCC(C(=O)O)CC1. The van der Waals surface area contributed by atoms with Gasteiger partial charge in [0, 0.05) is 32.4 Å². The molecule has 1 amide bonds. The zero-order valence-electron chi connectivity index (χ0n) is 12.1. The van der Waals surface area contributed by atoms with E-state index in [0.29, 0.717) is 25.9 Å². The molecule has 0 bridgehead atoms. The molecule has 0 saturated carbocycles. The summed E-state index contributed by atoms with van der Waals surface area (Å²) in [5, 5.41) is 18.2. The molecule has 0 radical (unpaired) electrons. The fraction of sp³-hybridized carbons (Fsp3) is 0.667. The summed E-state index contributed by atoms with van der Waals surface area (Å²) in [6.07, 6.45) is 5.97. The summed E-state index contributed by atoms with van der Waals surface area (Å²) < 4.78 is 0. The third kappa shape index (κ3) is 3.97. The van der Waals surface area contributed by atoms with Crippen LogP contribution in [0.1, 0.15) is 32.1 Å². The van der Waals surface area contributed by atoms with Crippen molar-refractivity contribution in [3.05, 3.63) is 11.8 Å². The van der Waals surface area contributed by atoms with Crippen LogP contribution in [-0.4, -0.2) is 53.0 Å². The molecule has 0 unspecified atom stereocenters. The summed E-state index contributed by atoms with van der Waals surface area (Å²) in [5.41, 5.74) is 0.158. The fourth-order valence-electron chi connectivity index (χ4n) is 2.86. The van der Waals surface area contributed by atoms with E-state index >= 15 is 0 Å². The number of nitrogens with zero attached hydrogens (tertiary/aromatic N) is 3. The fourth-order valence-corrected chi connectivity index (χ4v) is 2.86. The van der Waals surface area contributed by atoms with Crippen molar-refractivity contribution in [2.75, 3.05) is 26.2 Å². The lowest BCUT2D eigenvalue weighted by atomic mass is 9.97. The molecule has 2 aliphatic heterocycles. The molecule has 2 aliphatic rings. The molecule has 2 saturated heterocycles. The minimum Gasteiger partial charge on any atom is -0.481 e. The number of nitriles is 1. The van der Waals surface area contributed by atoms with Crippen molar-refractivity contribution in [3.8, 4) is 6.07 Å². The van der Waals surface area contributed by atoms with Crippen molar-refractivity contribution in [1.82, 2.24) is 9.80 Å². The highest BCUT2D eigenvalue weighted by Crippen LogP contribution is 2.19. The first-order chi connectivity index (χ1) is 10.1. The summed E-state index contributed by atoms with van der Waals surface area (Å²) in [6.45, 7) is 2.60. The predicted octanol–water partition coefficient (Wildman–Crippen LogP) is 1.20. The molecule has 0 atom stereocenters. The molecular weight excluding hydrogens is 270 g/mol.